The number of esters is 1. The Morgan fingerprint density at radius 2 is 2.10 bits per heavy atom. The smallest absolute Gasteiger partial charge is 0.404 e. The molecule has 2 fully saturated rings. The highest BCUT2D eigenvalue weighted by molar-refractivity contribution is 5.85. The second-order valence-corrected chi connectivity index (χ2v) is 5.59. The van der Waals surface area contributed by atoms with Crippen molar-refractivity contribution < 1.29 is 22.7 Å². The van der Waals surface area contributed by atoms with E-state index in [1.54, 1.807) is 0 Å². The van der Waals surface area contributed by atoms with Gasteiger partial charge in [-0.05, 0) is 38.8 Å². The maximum Gasteiger partial charge on any atom is 0.404 e. The standard InChI is InChI=1S/C13H21F3N2O2.ClH/c1-20-12(19)9-4-5-17-10(7-9)8-18-6-2-3-11(18)13(14,15)16;/h9-11,17H,2-8H2,1H3;1H/t9?,10?,11-;/m0./s1. The third-order valence-corrected chi connectivity index (χ3v) is 4.23. The molecule has 2 unspecified atom stereocenters. The minimum Gasteiger partial charge on any atom is -0.469 e. The average molecular weight is 331 g/mol. The zero-order valence-corrected chi connectivity index (χ0v) is 12.8. The fourth-order valence-corrected chi connectivity index (χ4v) is 3.22. The number of methoxy groups -OCH3 is 1. The van der Waals surface area contributed by atoms with Crippen molar-refractivity contribution in [2.24, 2.45) is 5.92 Å². The lowest BCUT2D eigenvalue weighted by Gasteiger charge is -2.34. The van der Waals surface area contributed by atoms with E-state index in [0.29, 0.717) is 38.9 Å². The number of halogens is 4. The van der Waals surface area contributed by atoms with Gasteiger partial charge in [0.05, 0.1) is 13.0 Å². The van der Waals surface area contributed by atoms with Crippen LogP contribution in [0, 0.1) is 5.92 Å². The summed E-state index contributed by atoms with van der Waals surface area (Å²) < 4.78 is 43.4. The molecule has 0 aromatic rings. The van der Waals surface area contributed by atoms with Crippen LogP contribution in [0.15, 0.2) is 0 Å². The van der Waals surface area contributed by atoms with Crippen LogP contribution in [0.25, 0.3) is 0 Å². The number of carbonyl (C=O) groups excluding carboxylic acids is 1. The van der Waals surface area contributed by atoms with E-state index in [9.17, 15) is 18.0 Å². The Kier molecular flexibility index (Phi) is 6.74. The maximum atomic E-state index is 12.9. The number of piperidine rings is 1. The number of nitrogens with zero attached hydrogens (tertiary/aromatic N) is 1. The predicted octanol–water partition coefficient (Wildman–Crippen LogP) is 1.98. The molecule has 2 saturated heterocycles. The molecule has 2 heterocycles. The van der Waals surface area contributed by atoms with E-state index >= 15 is 0 Å². The lowest BCUT2D eigenvalue weighted by Crippen LogP contribution is -2.51. The van der Waals surface area contributed by atoms with E-state index in [1.165, 1.54) is 12.0 Å². The Hall–Kier alpha value is -0.530. The minimum atomic E-state index is -4.16. The lowest BCUT2D eigenvalue weighted by atomic mass is 9.92. The summed E-state index contributed by atoms with van der Waals surface area (Å²) in [4.78, 5) is 13.0. The number of nitrogens with one attached hydrogen (secondary N) is 1. The summed E-state index contributed by atoms with van der Waals surface area (Å²) in [5.74, 6) is -0.455. The summed E-state index contributed by atoms with van der Waals surface area (Å²) >= 11 is 0. The van der Waals surface area contributed by atoms with E-state index in [0.717, 1.165) is 0 Å². The molecule has 0 aromatic carbocycles. The van der Waals surface area contributed by atoms with Crippen LogP contribution in [0.3, 0.4) is 0 Å². The van der Waals surface area contributed by atoms with Crippen LogP contribution in [0.5, 0.6) is 0 Å². The molecule has 0 bridgehead atoms. The molecule has 21 heavy (non-hydrogen) atoms. The second kappa shape index (κ2) is 7.65. The molecule has 0 aliphatic carbocycles. The molecule has 3 atom stereocenters. The van der Waals surface area contributed by atoms with Crippen LogP contribution in [0.4, 0.5) is 13.2 Å². The van der Waals surface area contributed by atoms with Gasteiger partial charge in [0.2, 0.25) is 0 Å². The van der Waals surface area contributed by atoms with Gasteiger partial charge in [-0.3, -0.25) is 9.69 Å². The molecule has 0 amide bonds. The van der Waals surface area contributed by atoms with Crippen molar-refractivity contribution in [1.82, 2.24) is 10.2 Å². The Balaban J connectivity index is 0.00000220. The molecule has 0 saturated carbocycles. The molecule has 0 radical (unpaired) electrons. The molecule has 0 spiro atoms. The van der Waals surface area contributed by atoms with Crippen molar-refractivity contribution in [3.63, 3.8) is 0 Å². The van der Waals surface area contributed by atoms with E-state index in [2.05, 4.69) is 5.32 Å². The van der Waals surface area contributed by atoms with Gasteiger partial charge in [0.1, 0.15) is 6.04 Å². The largest absolute Gasteiger partial charge is 0.469 e. The third kappa shape index (κ3) is 4.72. The van der Waals surface area contributed by atoms with E-state index < -0.39 is 12.2 Å². The Labute approximate surface area is 128 Å². The zero-order valence-electron chi connectivity index (χ0n) is 12.0. The van der Waals surface area contributed by atoms with Crippen molar-refractivity contribution >= 4 is 18.4 Å². The quantitative estimate of drug-likeness (QED) is 0.803. The van der Waals surface area contributed by atoms with Gasteiger partial charge in [-0.1, -0.05) is 0 Å². The summed E-state index contributed by atoms with van der Waals surface area (Å²) in [7, 11) is 1.35. The van der Waals surface area contributed by atoms with Gasteiger partial charge in [0.25, 0.3) is 0 Å². The summed E-state index contributed by atoms with van der Waals surface area (Å²) in [6.45, 7) is 1.47. The van der Waals surface area contributed by atoms with Crippen molar-refractivity contribution in [1.29, 1.82) is 0 Å². The molecule has 2 rings (SSSR count). The highest BCUT2D eigenvalue weighted by Gasteiger charge is 2.46. The van der Waals surface area contributed by atoms with E-state index in [-0.39, 0.29) is 36.8 Å². The fourth-order valence-electron chi connectivity index (χ4n) is 3.22. The highest BCUT2D eigenvalue weighted by Crippen LogP contribution is 2.33. The van der Waals surface area contributed by atoms with Gasteiger partial charge in [-0.15, -0.1) is 12.4 Å². The molecule has 2 aliphatic rings. The molecular formula is C13H22ClF3N2O2. The number of carbonyl (C=O) groups is 1. The molecule has 0 aromatic heterocycles. The minimum absolute atomic E-state index is 0. The predicted molar refractivity (Wildman–Crippen MR) is 74.4 cm³/mol. The summed E-state index contributed by atoms with van der Waals surface area (Å²) in [5, 5.41) is 3.21. The van der Waals surface area contributed by atoms with E-state index in [4.69, 9.17) is 4.74 Å². The van der Waals surface area contributed by atoms with Crippen molar-refractivity contribution in [3.05, 3.63) is 0 Å². The van der Waals surface area contributed by atoms with Gasteiger partial charge in [0.15, 0.2) is 0 Å². The number of rotatable bonds is 3. The van der Waals surface area contributed by atoms with Crippen LogP contribution in [-0.2, 0) is 9.53 Å². The Morgan fingerprint density at radius 1 is 1.38 bits per heavy atom. The lowest BCUT2D eigenvalue weighted by molar-refractivity contribution is -0.177. The van der Waals surface area contributed by atoms with Gasteiger partial charge in [-0.2, -0.15) is 13.2 Å². The fraction of sp³-hybridized carbons (Fsp3) is 0.923. The molecule has 1 N–H and O–H groups in total. The van der Waals surface area contributed by atoms with E-state index in [1.807, 2.05) is 0 Å². The third-order valence-electron chi connectivity index (χ3n) is 4.23. The second-order valence-electron chi connectivity index (χ2n) is 5.59. The number of likely N-dealkylation sites (tertiary alicyclic amines) is 1. The van der Waals surface area contributed by atoms with Gasteiger partial charge < -0.3 is 10.1 Å². The van der Waals surface area contributed by atoms with Crippen LogP contribution in [0.2, 0.25) is 0 Å². The molecule has 2 aliphatic heterocycles. The number of hydrogen-bond acceptors (Lipinski definition) is 4. The summed E-state index contributed by atoms with van der Waals surface area (Å²) in [6.07, 6.45) is -2.17. The van der Waals surface area contributed by atoms with Crippen molar-refractivity contribution in [2.75, 3.05) is 26.7 Å². The molecule has 124 valence electrons. The zero-order chi connectivity index (χ0) is 14.8. The molecule has 4 nitrogen and oxygen atoms in total. The average Bonchev–Trinajstić information content (AvgIpc) is 2.86. The topological polar surface area (TPSA) is 41.6 Å². The van der Waals surface area contributed by atoms with Crippen LogP contribution in [-0.4, -0.2) is 55.9 Å². The number of alkyl halides is 3. The first kappa shape index (κ1) is 18.5. The highest BCUT2D eigenvalue weighted by atomic mass is 35.5. The SMILES string of the molecule is COC(=O)C1CCNC(CN2CCC[C@H]2C(F)(F)F)C1.Cl. The first-order chi connectivity index (χ1) is 9.41. The van der Waals surface area contributed by atoms with Crippen LogP contribution < -0.4 is 5.32 Å². The first-order valence-electron chi connectivity index (χ1n) is 7.03. The van der Waals surface area contributed by atoms with Crippen molar-refractivity contribution in [3.8, 4) is 0 Å². The monoisotopic (exact) mass is 330 g/mol. The number of hydrogen-bond donors (Lipinski definition) is 1. The number of ether oxygens (including phenoxy) is 1. The first-order valence-corrected chi connectivity index (χ1v) is 7.03. The molecular weight excluding hydrogens is 309 g/mol. The van der Waals surface area contributed by atoms with Crippen LogP contribution in [0.1, 0.15) is 25.7 Å². The van der Waals surface area contributed by atoms with Gasteiger partial charge >= 0.3 is 12.1 Å². The van der Waals surface area contributed by atoms with Gasteiger partial charge in [-0.25, -0.2) is 0 Å². The maximum absolute atomic E-state index is 12.9. The summed E-state index contributed by atoms with van der Waals surface area (Å²) in [5.41, 5.74) is 0. The Bertz CT molecular complexity index is 355. The van der Waals surface area contributed by atoms with Crippen molar-refractivity contribution in [2.45, 2.75) is 43.9 Å². The van der Waals surface area contributed by atoms with Crippen LogP contribution >= 0.6 is 12.4 Å². The molecule has 8 heteroatoms. The summed E-state index contributed by atoms with van der Waals surface area (Å²) in [6, 6.07) is -1.40. The Morgan fingerprint density at radius 3 is 2.71 bits per heavy atom. The normalized spacial score (nSPS) is 30.8. The van der Waals surface area contributed by atoms with Gasteiger partial charge in [0, 0.05) is 12.6 Å².